The predicted octanol–water partition coefficient (Wildman–Crippen LogP) is 3.70. The van der Waals surface area contributed by atoms with E-state index in [0.29, 0.717) is 13.0 Å². The largest absolute Gasteiger partial charge is 0.462 e. The molecule has 0 aromatic heterocycles. The van der Waals surface area contributed by atoms with Crippen molar-refractivity contribution in [3.63, 3.8) is 0 Å². The summed E-state index contributed by atoms with van der Waals surface area (Å²) < 4.78 is 61.3. The van der Waals surface area contributed by atoms with Crippen molar-refractivity contribution in [1.29, 1.82) is 0 Å². The summed E-state index contributed by atoms with van der Waals surface area (Å²) in [6.45, 7) is 6.48. The van der Waals surface area contributed by atoms with Crippen LogP contribution in [0.4, 0.5) is 0 Å². The van der Waals surface area contributed by atoms with Crippen LogP contribution in [0.3, 0.4) is 0 Å². The van der Waals surface area contributed by atoms with Gasteiger partial charge in [0.15, 0.2) is 0 Å². The zero-order valence-electron chi connectivity index (χ0n) is 18.4. The van der Waals surface area contributed by atoms with Crippen molar-refractivity contribution >= 4 is 23.7 Å². The second kappa shape index (κ2) is 9.33. The SMILES string of the molecule is CCC(CC(C)(C)C(=O)OCC1CO1)c1ccc(S(=O)(=O)S(=O)(=O)c2ccccc2)cc1. The average Bonchev–Trinajstić information content (AvgIpc) is 3.61. The molecule has 32 heavy (non-hydrogen) atoms. The molecule has 1 aliphatic heterocycles. The lowest BCUT2D eigenvalue weighted by molar-refractivity contribution is -0.155. The number of carbonyl (C=O) groups excluding carboxylic acids is 1. The van der Waals surface area contributed by atoms with Gasteiger partial charge in [-0.25, -0.2) is 16.8 Å². The molecule has 9 heteroatoms. The minimum atomic E-state index is -4.61. The lowest BCUT2D eigenvalue weighted by Crippen LogP contribution is -2.29. The van der Waals surface area contributed by atoms with E-state index < -0.39 is 23.2 Å². The van der Waals surface area contributed by atoms with Crippen molar-refractivity contribution in [1.82, 2.24) is 0 Å². The van der Waals surface area contributed by atoms with Crippen LogP contribution in [-0.4, -0.2) is 42.1 Å². The highest BCUT2D eigenvalue weighted by atomic mass is 33.2. The highest BCUT2D eigenvalue weighted by molar-refractivity contribution is 8.67. The smallest absolute Gasteiger partial charge is 0.311 e. The summed E-state index contributed by atoms with van der Waals surface area (Å²) in [5.41, 5.74) is 0.0895. The Balaban J connectivity index is 1.77. The van der Waals surface area contributed by atoms with E-state index in [4.69, 9.17) is 9.47 Å². The van der Waals surface area contributed by atoms with Crippen molar-refractivity contribution in [3.05, 3.63) is 60.2 Å². The molecule has 174 valence electrons. The van der Waals surface area contributed by atoms with E-state index in [1.54, 1.807) is 18.2 Å². The van der Waals surface area contributed by atoms with Crippen LogP contribution in [0.25, 0.3) is 0 Å². The molecule has 2 atom stereocenters. The maximum absolute atomic E-state index is 12.8. The van der Waals surface area contributed by atoms with Gasteiger partial charge in [-0.15, -0.1) is 0 Å². The standard InChI is InChI=1S/C23H28O7S2/c1-4-17(14-23(2,3)22(24)30-16-19-15-29-19)18-10-12-21(13-11-18)32(27,28)31(25,26)20-8-6-5-7-9-20/h5-13,17,19H,4,14-16H2,1-3H3. The quantitative estimate of drug-likeness (QED) is 0.290. The van der Waals surface area contributed by atoms with Crippen LogP contribution in [-0.2, 0) is 32.0 Å². The van der Waals surface area contributed by atoms with Crippen LogP contribution in [0.15, 0.2) is 64.4 Å². The van der Waals surface area contributed by atoms with Gasteiger partial charge in [-0.05, 0) is 62.4 Å². The van der Waals surface area contributed by atoms with Crippen LogP contribution in [0.5, 0.6) is 0 Å². The third-order valence-electron chi connectivity index (χ3n) is 5.57. The number of epoxide rings is 1. The van der Waals surface area contributed by atoms with Gasteiger partial charge in [-0.1, -0.05) is 37.3 Å². The van der Waals surface area contributed by atoms with Crippen molar-refractivity contribution < 1.29 is 31.1 Å². The fourth-order valence-electron chi connectivity index (χ4n) is 3.47. The lowest BCUT2D eigenvalue weighted by Gasteiger charge is -2.27. The van der Waals surface area contributed by atoms with E-state index in [2.05, 4.69) is 0 Å². The molecule has 0 aliphatic carbocycles. The number of esters is 1. The number of benzene rings is 2. The molecule has 1 saturated heterocycles. The minimum Gasteiger partial charge on any atom is -0.462 e. The van der Waals surface area contributed by atoms with E-state index in [0.717, 1.165) is 12.0 Å². The third-order valence-corrected chi connectivity index (χ3v) is 10.7. The highest BCUT2D eigenvalue weighted by Crippen LogP contribution is 2.36. The molecule has 2 aromatic carbocycles. The summed E-state index contributed by atoms with van der Waals surface area (Å²) >= 11 is 0. The molecule has 1 fully saturated rings. The Morgan fingerprint density at radius 2 is 1.53 bits per heavy atom. The number of hydrogen-bond acceptors (Lipinski definition) is 7. The molecule has 0 saturated carbocycles. The van der Waals surface area contributed by atoms with Crippen molar-refractivity contribution in [3.8, 4) is 0 Å². The van der Waals surface area contributed by atoms with Crippen molar-refractivity contribution in [2.75, 3.05) is 13.2 Å². The maximum Gasteiger partial charge on any atom is 0.311 e. The number of carbonyl (C=O) groups is 1. The van der Waals surface area contributed by atoms with E-state index in [1.807, 2.05) is 20.8 Å². The van der Waals surface area contributed by atoms with Crippen LogP contribution >= 0.6 is 0 Å². The third kappa shape index (κ3) is 5.22. The molecule has 7 nitrogen and oxygen atoms in total. The Morgan fingerprint density at radius 1 is 1.00 bits per heavy atom. The summed E-state index contributed by atoms with van der Waals surface area (Å²) in [5, 5.41) is 0. The molecule has 0 spiro atoms. The molecule has 0 N–H and O–H groups in total. The van der Waals surface area contributed by atoms with Gasteiger partial charge in [0.05, 0.1) is 21.8 Å². The Morgan fingerprint density at radius 3 is 2.03 bits per heavy atom. The number of ether oxygens (including phenoxy) is 2. The van der Waals surface area contributed by atoms with Gasteiger partial charge in [-0.3, -0.25) is 4.79 Å². The van der Waals surface area contributed by atoms with Gasteiger partial charge in [0.2, 0.25) is 0 Å². The predicted molar refractivity (Wildman–Crippen MR) is 119 cm³/mol. The molecule has 2 aromatic rings. The average molecular weight is 481 g/mol. The topological polar surface area (TPSA) is 107 Å². The second-order valence-corrected chi connectivity index (χ2v) is 13.9. The molecule has 3 rings (SSSR count). The van der Waals surface area contributed by atoms with Gasteiger partial charge < -0.3 is 9.47 Å². The summed E-state index contributed by atoms with van der Waals surface area (Å²) in [5.74, 6) is -0.336. The van der Waals surface area contributed by atoms with Crippen LogP contribution in [0, 0.1) is 5.41 Å². The molecular weight excluding hydrogens is 452 g/mol. The first-order valence-electron chi connectivity index (χ1n) is 10.4. The zero-order chi connectivity index (χ0) is 23.6. The molecule has 0 radical (unpaired) electrons. The first-order valence-corrected chi connectivity index (χ1v) is 13.9. The van der Waals surface area contributed by atoms with Crippen LogP contribution in [0.2, 0.25) is 0 Å². The maximum atomic E-state index is 12.8. The monoisotopic (exact) mass is 480 g/mol. The summed E-state index contributed by atoms with van der Waals surface area (Å²) in [6, 6.07) is 12.9. The molecule has 1 heterocycles. The molecule has 0 bridgehead atoms. The van der Waals surface area contributed by atoms with E-state index in [-0.39, 0.29) is 34.4 Å². The second-order valence-electron chi connectivity index (χ2n) is 8.54. The Hall–Kier alpha value is -2.23. The Labute approximate surface area is 189 Å². The zero-order valence-corrected chi connectivity index (χ0v) is 20.0. The summed E-state index contributed by atoms with van der Waals surface area (Å²) in [4.78, 5) is 11.9. The molecule has 0 amide bonds. The van der Waals surface area contributed by atoms with Gasteiger partial charge in [0.25, 0.3) is 17.7 Å². The normalized spacial score (nSPS) is 17.5. The van der Waals surface area contributed by atoms with Gasteiger partial charge in [0.1, 0.15) is 12.7 Å². The van der Waals surface area contributed by atoms with Crippen molar-refractivity contribution in [2.24, 2.45) is 5.41 Å². The fraction of sp³-hybridized carbons (Fsp3) is 0.435. The first kappa shape index (κ1) is 24.4. The Kier molecular flexibility index (Phi) is 7.12. The van der Waals surface area contributed by atoms with Crippen LogP contribution in [0.1, 0.15) is 45.1 Å². The summed E-state index contributed by atoms with van der Waals surface area (Å²) in [7, 11) is -9.19. The van der Waals surface area contributed by atoms with E-state index in [1.165, 1.54) is 36.4 Å². The number of hydrogen-bond donors (Lipinski definition) is 0. The molecule has 1 aliphatic rings. The summed E-state index contributed by atoms with van der Waals surface area (Å²) in [6.07, 6.45) is 1.22. The van der Waals surface area contributed by atoms with Crippen LogP contribution < -0.4 is 0 Å². The van der Waals surface area contributed by atoms with Gasteiger partial charge in [-0.2, -0.15) is 0 Å². The van der Waals surface area contributed by atoms with E-state index >= 15 is 0 Å². The fourth-order valence-corrected chi connectivity index (χ4v) is 7.13. The number of rotatable bonds is 10. The first-order chi connectivity index (χ1) is 15.0. The van der Waals surface area contributed by atoms with Gasteiger partial charge in [0, 0.05) is 0 Å². The lowest BCUT2D eigenvalue weighted by atomic mass is 9.79. The highest BCUT2D eigenvalue weighted by Gasteiger charge is 2.36. The Bertz CT molecular complexity index is 1150. The minimum absolute atomic E-state index is 0.00150. The molecular formula is C23H28O7S2. The van der Waals surface area contributed by atoms with E-state index in [9.17, 15) is 21.6 Å². The van der Waals surface area contributed by atoms with Crippen molar-refractivity contribution in [2.45, 2.75) is 55.4 Å². The van der Waals surface area contributed by atoms with Gasteiger partial charge >= 0.3 is 5.97 Å². The molecule has 2 unspecified atom stereocenters.